The quantitative estimate of drug-likeness (QED) is 0.423. The molecule has 0 aliphatic rings. The zero-order valence-corrected chi connectivity index (χ0v) is 13.7. The van der Waals surface area contributed by atoms with Gasteiger partial charge in [-0.1, -0.05) is 42.1 Å². The molecule has 122 valence electrons. The molecule has 5 nitrogen and oxygen atoms in total. The molecule has 0 bridgehead atoms. The standard InChI is InChI=1S/C18H17N3O2S/c19-18(24-12-13-4-2-1-3-5-13)21-20-10-14-6-7-17-15(8-14)9-16(11-22)23-17/h1-10,22H,11-12H2,(H2,19,21). The highest BCUT2D eigenvalue weighted by Gasteiger charge is 2.02. The van der Waals surface area contributed by atoms with Crippen LogP contribution in [0.15, 0.2) is 69.2 Å². The van der Waals surface area contributed by atoms with Gasteiger partial charge >= 0.3 is 0 Å². The Hall–Kier alpha value is -2.57. The lowest BCUT2D eigenvalue weighted by atomic mass is 10.2. The minimum atomic E-state index is -0.114. The number of hydrogen-bond donors (Lipinski definition) is 2. The Kier molecular flexibility index (Phi) is 5.30. The van der Waals surface area contributed by atoms with Crippen molar-refractivity contribution in [2.75, 3.05) is 0 Å². The fourth-order valence-corrected chi connectivity index (χ4v) is 2.80. The van der Waals surface area contributed by atoms with Gasteiger partial charge in [0.1, 0.15) is 18.0 Å². The number of fused-ring (bicyclic) bond motifs is 1. The van der Waals surface area contributed by atoms with Crippen LogP contribution in [0.3, 0.4) is 0 Å². The number of benzene rings is 2. The van der Waals surface area contributed by atoms with Gasteiger partial charge in [-0.3, -0.25) is 0 Å². The third kappa shape index (κ3) is 4.24. The van der Waals surface area contributed by atoms with Gasteiger partial charge in [-0.05, 0) is 35.4 Å². The van der Waals surface area contributed by atoms with Gasteiger partial charge in [0.05, 0.1) is 6.21 Å². The van der Waals surface area contributed by atoms with E-state index in [0.717, 1.165) is 22.3 Å². The molecule has 3 rings (SSSR count). The van der Waals surface area contributed by atoms with Gasteiger partial charge < -0.3 is 15.3 Å². The Balaban J connectivity index is 1.62. The van der Waals surface area contributed by atoms with Crippen molar-refractivity contribution in [3.05, 3.63) is 71.5 Å². The Morgan fingerprint density at radius 3 is 2.79 bits per heavy atom. The zero-order valence-electron chi connectivity index (χ0n) is 12.9. The van der Waals surface area contributed by atoms with E-state index in [4.69, 9.17) is 15.3 Å². The summed E-state index contributed by atoms with van der Waals surface area (Å²) in [5, 5.41) is 18.4. The maximum atomic E-state index is 9.09. The molecular formula is C18H17N3O2S. The van der Waals surface area contributed by atoms with Crippen LogP contribution in [0.4, 0.5) is 0 Å². The Labute approximate surface area is 143 Å². The van der Waals surface area contributed by atoms with Crippen molar-refractivity contribution in [2.24, 2.45) is 15.9 Å². The van der Waals surface area contributed by atoms with E-state index in [1.807, 2.05) is 48.5 Å². The number of aliphatic hydroxyl groups is 1. The van der Waals surface area contributed by atoms with E-state index in [2.05, 4.69) is 10.2 Å². The summed E-state index contributed by atoms with van der Waals surface area (Å²) in [6.45, 7) is -0.114. The second kappa shape index (κ2) is 7.81. The first-order valence-corrected chi connectivity index (χ1v) is 8.40. The molecule has 0 fully saturated rings. The number of rotatable bonds is 5. The summed E-state index contributed by atoms with van der Waals surface area (Å²) in [6, 6.07) is 17.5. The normalized spacial score (nSPS) is 12.3. The topological polar surface area (TPSA) is 84.1 Å². The minimum Gasteiger partial charge on any atom is -0.459 e. The Morgan fingerprint density at radius 2 is 2.00 bits per heavy atom. The lowest BCUT2D eigenvalue weighted by Gasteiger charge is -1.99. The van der Waals surface area contributed by atoms with Crippen molar-refractivity contribution in [1.82, 2.24) is 0 Å². The monoisotopic (exact) mass is 339 g/mol. The van der Waals surface area contributed by atoms with Crippen LogP contribution in [-0.2, 0) is 12.4 Å². The van der Waals surface area contributed by atoms with Crippen molar-refractivity contribution in [3.63, 3.8) is 0 Å². The third-order valence-corrected chi connectivity index (χ3v) is 4.19. The molecule has 0 unspecified atom stereocenters. The van der Waals surface area contributed by atoms with Crippen molar-refractivity contribution < 1.29 is 9.52 Å². The van der Waals surface area contributed by atoms with Crippen molar-refractivity contribution >= 4 is 34.1 Å². The molecule has 3 aromatic rings. The van der Waals surface area contributed by atoms with Crippen LogP contribution >= 0.6 is 11.8 Å². The first-order chi connectivity index (χ1) is 11.7. The van der Waals surface area contributed by atoms with E-state index < -0.39 is 0 Å². The van der Waals surface area contributed by atoms with Crippen LogP contribution in [0.1, 0.15) is 16.9 Å². The summed E-state index contributed by atoms with van der Waals surface area (Å²) in [7, 11) is 0. The molecule has 6 heteroatoms. The highest BCUT2D eigenvalue weighted by molar-refractivity contribution is 8.13. The number of amidine groups is 1. The minimum absolute atomic E-state index is 0.114. The van der Waals surface area contributed by atoms with Gasteiger partial charge in [-0.15, -0.1) is 5.10 Å². The molecule has 1 aromatic heterocycles. The molecule has 0 saturated heterocycles. The van der Waals surface area contributed by atoms with Crippen LogP contribution < -0.4 is 5.73 Å². The molecular weight excluding hydrogens is 322 g/mol. The van der Waals surface area contributed by atoms with Crippen LogP contribution in [0.5, 0.6) is 0 Å². The second-order valence-corrected chi connectivity index (χ2v) is 6.12. The van der Waals surface area contributed by atoms with Crippen LogP contribution in [0, 0.1) is 0 Å². The van der Waals surface area contributed by atoms with Crippen molar-refractivity contribution in [2.45, 2.75) is 12.4 Å². The molecule has 0 amide bonds. The summed E-state index contributed by atoms with van der Waals surface area (Å²) < 4.78 is 5.44. The van der Waals surface area contributed by atoms with Gasteiger partial charge in [0.25, 0.3) is 0 Å². The fraction of sp³-hybridized carbons (Fsp3) is 0.111. The smallest absolute Gasteiger partial charge is 0.180 e. The van der Waals surface area contributed by atoms with Gasteiger partial charge in [0, 0.05) is 11.1 Å². The van der Waals surface area contributed by atoms with E-state index in [1.165, 1.54) is 17.3 Å². The second-order valence-electron chi connectivity index (χ2n) is 5.13. The molecule has 2 aromatic carbocycles. The predicted octanol–water partition coefficient (Wildman–Crippen LogP) is 3.51. The SMILES string of the molecule is NC(=NN=Cc1ccc2oc(CO)cc2c1)SCc1ccccc1. The Morgan fingerprint density at radius 1 is 1.17 bits per heavy atom. The number of furan rings is 1. The maximum absolute atomic E-state index is 9.09. The van der Waals surface area contributed by atoms with Crippen molar-refractivity contribution in [1.29, 1.82) is 0 Å². The van der Waals surface area contributed by atoms with E-state index in [0.29, 0.717) is 10.9 Å². The molecule has 0 spiro atoms. The van der Waals surface area contributed by atoms with Gasteiger partial charge in [0.15, 0.2) is 5.17 Å². The molecule has 0 saturated carbocycles. The first-order valence-electron chi connectivity index (χ1n) is 7.41. The summed E-state index contributed by atoms with van der Waals surface area (Å²) in [5.41, 5.74) is 8.66. The highest BCUT2D eigenvalue weighted by atomic mass is 32.2. The number of thioether (sulfide) groups is 1. The van der Waals surface area contributed by atoms with Gasteiger partial charge in [0.2, 0.25) is 0 Å². The fourth-order valence-electron chi connectivity index (χ4n) is 2.19. The molecule has 0 radical (unpaired) electrons. The Bertz CT molecular complexity index is 872. The lowest BCUT2D eigenvalue weighted by Crippen LogP contribution is -2.05. The summed E-state index contributed by atoms with van der Waals surface area (Å²) in [5.74, 6) is 1.30. The summed E-state index contributed by atoms with van der Waals surface area (Å²) >= 11 is 1.44. The van der Waals surface area contributed by atoms with E-state index in [9.17, 15) is 0 Å². The average Bonchev–Trinajstić information content (AvgIpc) is 3.03. The molecule has 0 atom stereocenters. The third-order valence-electron chi connectivity index (χ3n) is 3.34. The van der Waals surface area contributed by atoms with Gasteiger partial charge in [-0.25, -0.2) is 0 Å². The molecule has 1 heterocycles. The predicted molar refractivity (Wildman–Crippen MR) is 99.1 cm³/mol. The largest absolute Gasteiger partial charge is 0.459 e. The van der Waals surface area contributed by atoms with E-state index in [1.54, 1.807) is 12.3 Å². The molecule has 24 heavy (non-hydrogen) atoms. The van der Waals surface area contributed by atoms with Crippen LogP contribution in [0.2, 0.25) is 0 Å². The van der Waals surface area contributed by atoms with E-state index in [-0.39, 0.29) is 6.61 Å². The van der Waals surface area contributed by atoms with Crippen LogP contribution in [-0.4, -0.2) is 16.5 Å². The first kappa shape index (κ1) is 16.3. The number of nitrogens with two attached hydrogens (primary N) is 1. The number of aliphatic hydroxyl groups excluding tert-OH is 1. The zero-order chi connectivity index (χ0) is 16.8. The van der Waals surface area contributed by atoms with Crippen LogP contribution in [0.25, 0.3) is 11.0 Å². The molecule has 0 aliphatic carbocycles. The maximum Gasteiger partial charge on any atom is 0.180 e. The van der Waals surface area contributed by atoms with Crippen molar-refractivity contribution in [3.8, 4) is 0 Å². The highest BCUT2D eigenvalue weighted by Crippen LogP contribution is 2.20. The summed E-state index contributed by atoms with van der Waals surface area (Å²) in [6.07, 6.45) is 1.64. The molecule has 3 N–H and O–H groups in total. The lowest BCUT2D eigenvalue weighted by molar-refractivity contribution is 0.251. The van der Waals surface area contributed by atoms with Gasteiger partial charge in [-0.2, -0.15) is 5.10 Å². The molecule has 0 aliphatic heterocycles. The summed E-state index contributed by atoms with van der Waals surface area (Å²) in [4.78, 5) is 0. The number of hydrogen-bond acceptors (Lipinski definition) is 5. The number of nitrogens with zero attached hydrogens (tertiary/aromatic N) is 2. The van der Waals surface area contributed by atoms with E-state index >= 15 is 0 Å². The average molecular weight is 339 g/mol.